The fourth-order valence-corrected chi connectivity index (χ4v) is 4.80. The van der Waals surface area contributed by atoms with Crippen LogP contribution in [0.2, 0.25) is 0 Å². The Morgan fingerprint density at radius 2 is 2.12 bits per heavy atom. The lowest BCUT2D eigenvalue weighted by atomic mass is 10.0. The lowest BCUT2D eigenvalue weighted by Gasteiger charge is -2.06. The molecule has 0 unspecified atom stereocenters. The molecule has 0 atom stereocenters. The first-order chi connectivity index (χ1) is 11.7. The maximum atomic E-state index is 12.2. The number of rotatable bonds is 4. The smallest absolute Gasteiger partial charge is 0.236 e. The summed E-state index contributed by atoms with van der Waals surface area (Å²) < 4.78 is 2.02. The number of fused-ring (bicyclic) bond motifs is 2. The number of aryl methyl sites for hydroxylation is 3. The van der Waals surface area contributed by atoms with Crippen LogP contribution in [0.25, 0.3) is 11.0 Å². The number of carbonyl (C=O) groups excluding carboxylic acids is 1. The Hall–Kier alpha value is -1.86. The van der Waals surface area contributed by atoms with E-state index >= 15 is 0 Å². The highest BCUT2D eigenvalue weighted by molar-refractivity contribution is 7.99. The molecule has 1 N–H and O–H groups in total. The molecule has 1 aromatic carbocycles. The Morgan fingerprint density at radius 1 is 1.29 bits per heavy atom. The monoisotopic (exact) mass is 358 g/mol. The van der Waals surface area contributed by atoms with Crippen molar-refractivity contribution in [2.45, 2.75) is 30.8 Å². The first-order valence-corrected chi connectivity index (χ1v) is 9.83. The fourth-order valence-electron chi connectivity index (χ4n) is 2.94. The molecule has 0 radical (unpaired) electrons. The Bertz CT molecular complexity index is 876. The molecule has 24 heavy (non-hydrogen) atoms. The number of nitrogens with one attached hydrogen (secondary N) is 1. The molecule has 2 aromatic heterocycles. The molecule has 1 amide bonds. The van der Waals surface area contributed by atoms with Crippen LogP contribution in [0.4, 0.5) is 5.13 Å². The second kappa shape index (κ2) is 6.57. The predicted molar refractivity (Wildman–Crippen MR) is 98.8 cm³/mol. The maximum Gasteiger partial charge on any atom is 0.236 e. The van der Waals surface area contributed by atoms with Crippen LogP contribution in [-0.2, 0) is 24.7 Å². The van der Waals surface area contributed by atoms with E-state index in [0.717, 1.165) is 34.2 Å². The van der Waals surface area contributed by atoms with Gasteiger partial charge in [0.2, 0.25) is 5.91 Å². The third-order valence-electron chi connectivity index (χ3n) is 4.17. The SMILES string of the molecule is Cn1c(SCC(=O)Nc2nc3c(s2)CCCC3)nc2ccccc21. The molecule has 3 aromatic rings. The van der Waals surface area contributed by atoms with Crippen molar-refractivity contribution >= 4 is 45.2 Å². The minimum Gasteiger partial charge on any atom is -0.322 e. The van der Waals surface area contributed by atoms with Gasteiger partial charge in [0.15, 0.2) is 10.3 Å². The van der Waals surface area contributed by atoms with Gasteiger partial charge >= 0.3 is 0 Å². The van der Waals surface area contributed by atoms with Crippen LogP contribution in [0.5, 0.6) is 0 Å². The van der Waals surface area contributed by atoms with Crippen LogP contribution >= 0.6 is 23.1 Å². The van der Waals surface area contributed by atoms with Crippen LogP contribution in [-0.4, -0.2) is 26.2 Å². The summed E-state index contributed by atoms with van der Waals surface area (Å²) in [5.41, 5.74) is 3.20. The van der Waals surface area contributed by atoms with E-state index in [1.54, 1.807) is 11.3 Å². The van der Waals surface area contributed by atoms with Crippen molar-refractivity contribution < 1.29 is 4.79 Å². The third-order valence-corrected chi connectivity index (χ3v) is 6.27. The average Bonchev–Trinajstić information content (AvgIpc) is 3.14. The quantitative estimate of drug-likeness (QED) is 0.724. The summed E-state index contributed by atoms with van der Waals surface area (Å²) in [7, 11) is 1.98. The van der Waals surface area contributed by atoms with Crippen LogP contribution in [0.3, 0.4) is 0 Å². The summed E-state index contributed by atoms with van der Waals surface area (Å²) in [6, 6.07) is 7.99. The van der Waals surface area contributed by atoms with Gasteiger partial charge in [-0.25, -0.2) is 9.97 Å². The first-order valence-electron chi connectivity index (χ1n) is 8.03. The van der Waals surface area contributed by atoms with Crippen molar-refractivity contribution in [3.63, 3.8) is 0 Å². The van der Waals surface area contributed by atoms with Gasteiger partial charge in [-0.3, -0.25) is 4.79 Å². The number of anilines is 1. The van der Waals surface area contributed by atoms with Gasteiger partial charge in [-0.1, -0.05) is 23.9 Å². The van der Waals surface area contributed by atoms with Crippen molar-refractivity contribution in [3.8, 4) is 0 Å². The van der Waals surface area contributed by atoms with Crippen LogP contribution < -0.4 is 5.32 Å². The van der Waals surface area contributed by atoms with E-state index in [9.17, 15) is 4.79 Å². The summed E-state index contributed by atoms with van der Waals surface area (Å²) in [6.45, 7) is 0. The Morgan fingerprint density at radius 3 is 2.96 bits per heavy atom. The number of hydrogen-bond donors (Lipinski definition) is 1. The number of thioether (sulfide) groups is 1. The van der Waals surface area contributed by atoms with Crippen LogP contribution in [0.15, 0.2) is 29.4 Å². The van der Waals surface area contributed by atoms with Gasteiger partial charge in [0.1, 0.15) is 0 Å². The highest BCUT2D eigenvalue weighted by atomic mass is 32.2. The van der Waals surface area contributed by atoms with Crippen molar-refractivity contribution in [1.82, 2.24) is 14.5 Å². The predicted octanol–water partition coefficient (Wildman–Crippen LogP) is 3.64. The molecule has 1 aliphatic carbocycles. The fraction of sp³-hybridized carbons (Fsp3) is 0.353. The molecule has 2 heterocycles. The number of para-hydroxylation sites is 2. The summed E-state index contributed by atoms with van der Waals surface area (Å²) >= 11 is 3.07. The van der Waals surface area contributed by atoms with E-state index in [0.29, 0.717) is 5.75 Å². The molecule has 0 aliphatic heterocycles. The Kier molecular flexibility index (Phi) is 4.28. The second-order valence-electron chi connectivity index (χ2n) is 5.87. The number of carbonyl (C=O) groups is 1. The number of aromatic nitrogens is 3. The van der Waals surface area contributed by atoms with Gasteiger partial charge < -0.3 is 9.88 Å². The summed E-state index contributed by atoms with van der Waals surface area (Å²) in [5, 5.41) is 4.52. The van der Waals surface area contributed by atoms with Gasteiger partial charge in [0.25, 0.3) is 0 Å². The van der Waals surface area contributed by atoms with Gasteiger partial charge in [0.05, 0.1) is 22.5 Å². The van der Waals surface area contributed by atoms with Crippen molar-refractivity contribution in [3.05, 3.63) is 34.8 Å². The van der Waals surface area contributed by atoms with E-state index < -0.39 is 0 Å². The highest BCUT2D eigenvalue weighted by Crippen LogP contribution is 2.30. The minimum absolute atomic E-state index is 0.0295. The van der Waals surface area contributed by atoms with Crippen LogP contribution in [0.1, 0.15) is 23.4 Å². The molecular formula is C17H18N4OS2. The Labute approximate surface area is 148 Å². The molecule has 1 aliphatic rings. The van der Waals surface area contributed by atoms with Crippen molar-refractivity contribution in [2.75, 3.05) is 11.1 Å². The molecule has 4 rings (SSSR count). The molecular weight excluding hydrogens is 340 g/mol. The topological polar surface area (TPSA) is 59.8 Å². The number of amides is 1. The van der Waals surface area contributed by atoms with Crippen LogP contribution in [0, 0.1) is 0 Å². The third kappa shape index (κ3) is 3.06. The standard InChI is InChI=1S/C17H18N4OS2/c1-21-13-8-4-2-6-11(13)19-17(21)23-10-15(22)20-16-18-12-7-3-5-9-14(12)24-16/h2,4,6,8H,3,5,7,9-10H2,1H3,(H,18,20,22). The molecule has 0 fully saturated rings. The molecule has 5 nitrogen and oxygen atoms in total. The summed E-state index contributed by atoms with van der Waals surface area (Å²) in [5.74, 6) is 0.305. The molecule has 7 heteroatoms. The number of hydrogen-bond acceptors (Lipinski definition) is 5. The zero-order chi connectivity index (χ0) is 16.5. The van der Waals surface area contributed by atoms with Crippen molar-refractivity contribution in [2.24, 2.45) is 7.05 Å². The van der Waals surface area contributed by atoms with E-state index in [-0.39, 0.29) is 5.91 Å². The van der Waals surface area contributed by atoms with E-state index in [4.69, 9.17) is 0 Å². The average molecular weight is 358 g/mol. The lowest BCUT2D eigenvalue weighted by Crippen LogP contribution is -2.14. The minimum atomic E-state index is -0.0295. The molecule has 0 bridgehead atoms. The van der Waals surface area contributed by atoms with Gasteiger partial charge in [-0.05, 0) is 37.8 Å². The zero-order valence-electron chi connectivity index (χ0n) is 13.4. The van der Waals surface area contributed by atoms with Gasteiger partial charge in [-0.2, -0.15) is 0 Å². The zero-order valence-corrected chi connectivity index (χ0v) is 15.0. The molecule has 0 spiro atoms. The summed E-state index contributed by atoms with van der Waals surface area (Å²) in [4.78, 5) is 22.7. The number of benzene rings is 1. The van der Waals surface area contributed by atoms with E-state index in [1.807, 2.05) is 35.9 Å². The normalized spacial score (nSPS) is 13.9. The molecule has 124 valence electrons. The second-order valence-corrected chi connectivity index (χ2v) is 7.90. The van der Waals surface area contributed by atoms with Crippen molar-refractivity contribution in [1.29, 1.82) is 0 Å². The number of nitrogens with zero attached hydrogens (tertiary/aromatic N) is 3. The van der Waals surface area contributed by atoms with Gasteiger partial charge in [-0.15, -0.1) is 11.3 Å². The molecule has 0 saturated carbocycles. The maximum absolute atomic E-state index is 12.2. The van der Waals surface area contributed by atoms with Gasteiger partial charge in [0, 0.05) is 11.9 Å². The van der Waals surface area contributed by atoms with E-state index in [2.05, 4.69) is 15.3 Å². The first kappa shape index (κ1) is 15.7. The Balaban J connectivity index is 1.41. The molecule has 0 saturated heterocycles. The highest BCUT2D eigenvalue weighted by Gasteiger charge is 2.17. The largest absolute Gasteiger partial charge is 0.322 e. The number of imidazole rings is 1. The van der Waals surface area contributed by atoms with E-state index in [1.165, 1.54) is 35.2 Å². The number of thiazole rings is 1. The lowest BCUT2D eigenvalue weighted by molar-refractivity contribution is -0.113. The summed E-state index contributed by atoms with van der Waals surface area (Å²) in [6.07, 6.45) is 4.56.